The highest BCUT2D eigenvalue weighted by molar-refractivity contribution is 6.04. The number of hydrogen-bond acceptors (Lipinski definition) is 5. The molecule has 0 unspecified atom stereocenters. The lowest BCUT2D eigenvalue weighted by Gasteiger charge is -2.19. The number of nitrogens with one attached hydrogen (secondary N) is 2. The molecule has 4 rings (SSSR count). The van der Waals surface area contributed by atoms with Crippen LogP contribution >= 0.6 is 0 Å². The van der Waals surface area contributed by atoms with E-state index in [9.17, 15) is 9.59 Å². The van der Waals surface area contributed by atoms with Gasteiger partial charge < -0.3 is 23.6 Å². The molecule has 9 heteroatoms. The van der Waals surface area contributed by atoms with Crippen LogP contribution < -0.4 is 10.6 Å². The highest BCUT2D eigenvalue weighted by atomic mass is 16.6. The largest absolute Gasteiger partial charge is 0.444 e. The number of amides is 2. The van der Waals surface area contributed by atoms with Gasteiger partial charge in [0, 0.05) is 37.7 Å². The van der Waals surface area contributed by atoms with Gasteiger partial charge >= 0.3 is 6.09 Å². The number of carbonyl (C=O) groups excluding carboxylic acids is 2. The number of carbonyl (C=O) groups is 2. The van der Waals surface area contributed by atoms with Crippen LogP contribution in [0, 0.1) is 0 Å². The molecular formula is C25H27N5O4. The monoisotopic (exact) mass is 461 g/mol. The van der Waals surface area contributed by atoms with Crippen molar-refractivity contribution in [2.75, 3.05) is 10.6 Å². The van der Waals surface area contributed by atoms with Gasteiger partial charge in [0.25, 0.3) is 5.91 Å². The zero-order valence-electron chi connectivity index (χ0n) is 19.7. The van der Waals surface area contributed by atoms with E-state index >= 15 is 0 Å². The molecule has 0 atom stereocenters. The zero-order chi connectivity index (χ0) is 24.5. The van der Waals surface area contributed by atoms with Crippen LogP contribution in [0.1, 0.15) is 31.3 Å². The van der Waals surface area contributed by atoms with E-state index in [1.807, 2.05) is 48.1 Å². The molecule has 176 valence electrons. The fourth-order valence-corrected chi connectivity index (χ4v) is 3.51. The van der Waals surface area contributed by atoms with Crippen LogP contribution in [0.3, 0.4) is 0 Å². The number of nitrogens with zero attached hydrogens (tertiary/aromatic N) is 3. The smallest absolute Gasteiger partial charge is 0.412 e. The van der Waals surface area contributed by atoms with E-state index in [1.165, 1.54) is 0 Å². The Labute approximate surface area is 197 Å². The molecule has 0 bridgehead atoms. The molecule has 0 radical (unpaired) electrons. The lowest BCUT2D eigenvalue weighted by Crippen LogP contribution is -2.27. The van der Waals surface area contributed by atoms with E-state index in [4.69, 9.17) is 9.15 Å². The summed E-state index contributed by atoms with van der Waals surface area (Å²) in [5, 5.41) is 5.53. The molecule has 9 nitrogen and oxygen atoms in total. The summed E-state index contributed by atoms with van der Waals surface area (Å²) in [6.07, 6.45) is 6.23. The summed E-state index contributed by atoms with van der Waals surface area (Å²) in [7, 11) is 3.67. The maximum Gasteiger partial charge on any atom is 0.412 e. The Balaban J connectivity index is 1.43. The van der Waals surface area contributed by atoms with Gasteiger partial charge in [0.1, 0.15) is 23.3 Å². The lowest BCUT2D eigenvalue weighted by molar-refractivity contribution is 0.0635. The average Bonchev–Trinajstić information content (AvgIpc) is 3.47. The Kier molecular flexibility index (Phi) is 6.02. The third-order valence-electron chi connectivity index (χ3n) is 5.02. The predicted octanol–water partition coefficient (Wildman–Crippen LogP) is 5.28. The normalized spacial score (nSPS) is 11.3. The second-order valence-electron chi connectivity index (χ2n) is 8.95. The van der Waals surface area contributed by atoms with Crippen molar-refractivity contribution in [3.8, 4) is 22.7 Å². The molecule has 0 saturated carbocycles. The fraction of sp³-hybridized carbons (Fsp3) is 0.240. The third kappa shape index (κ3) is 5.20. The number of anilines is 2. The number of aryl methyl sites for hydroxylation is 2. The summed E-state index contributed by atoms with van der Waals surface area (Å²) in [5.74, 6) is 0.263. The van der Waals surface area contributed by atoms with E-state index in [0.717, 1.165) is 16.8 Å². The fourth-order valence-electron chi connectivity index (χ4n) is 3.51. The van der Waals surface area contributed by atoms with Crippen molar-refractivity contribution in [2.45, 2.75) is 26.4 Å². The topological polar surface area (TPSA) is 103 Å². The molecule has 1 aromatic carbocycles. The van der Waals surface area contributed by atoms with Crippen LogP contribution in [0.15, 0.2) is 65.7 Å². The Morgan fingerprint density at radius 1 is 0.941 bits per heavy atom. The van der Waals surface area contributed by atoms with Gasteiger partial charge in [0.05, 0.1) is 11.9 Å². The SMILES string of the molecule is Cn1cc(NC(=O)OC(C)(C)C)cc1C(=O)Nc1ccc(-c2cc(-c3ncco3)n(C)c2)cc1. The minimum Gasteiger partial charge on any atom is -0.444 e. The Bertz CT molecular complexity index is 1310. The zero-order valence-corrected chi connectivity index (χ0v) is 19.7. The Morgan fingerprint density at radius 2 is 1.68 bits per heavy atom. The van der Waals surface area contributed by atoms with Gasteiger partial charge in [-0.3, -0.25) is 10.1 Å². The highest BCUT2D eigenvalue weighted by Gasteiger charge is 2.18. The van der Waals surface area contributed by atoms with Crippen molar-refractivity contribution in [2.24, 2.45) is 14.1 Å². The number of oxazole rings is 1. The summed E-state index contributed by atoms with van der Waals surface area (Å²) < 4.78 is 14.2. The standard InChI is InChI=1S/C25H27N5O4/c1-25(2,3)34-24(32)28-19-13-20(30(5)15-19)22(31)27-18-8-6-16(7-9-18)17-12-21(29(4)14-17)23-26-10-11-33-23/h6-15H,1-5H3,(H,27,31)(H,28,32). The van der Waals surface area contributed by atoms with Crippen LogP contribution in [0.25, 0.3) is 22.7 Å². The quantitative estimate of drug-likeness (QED) is 0.421. The van der Waals surface area contributed by atoms with Crippen molar-refractivity contribution >= 4 is 23.4 Å². The van der Waals surface area contributed by atoms with E-state index in [2.05, 4.69) is 15.6 Å². The van der Waals surface area contributed by atoms with Crippen LogP contribution in [-0.2, 0) is 18.8 Å². The van der Waals surface area contributed by atoms with E-state index in [1.54, 1.807) is 57.1 Å². The van der Waals surface area contributed by atoms with Crippen molar-refractivity contribution in [1.82, 2.24) is 14.1 Å². The van der Waals surface area contributed by atoms with Gasteiger partial charge in [0.15, 0.2) is 0 Å². The van der Waals surface area contributed by atoms with Gasteiger partial charge in [-0.25, -0.2) is 9.78 Å². The van der Waals surface area contributed by atoms with Crippen molar-refractivity contribution in [1.29, 1.82) is 0 Å². The first-order valence-electron chi connectivity index (χ1n) is 10.7. The Hall–Kier alpha value is -4.27. The van der Waals surface area contributed by atoms with Gasteiger partial charge in [-0.15, -0.1) is 0 Å². The predicted molar refractivity (Wildman–Crippen MR) is 130 cm³/mol. The minimum atomic E-state index is -0.609. The maximum absolute atomic E-state index is 12.8. The van der Waals surface area contributed by atoms with Crippen LogP contribution in [0.2, 0.25) is 0 Å². The molecule has 0 aliphatic heterocycles. The molecule has 4 aromatic rings. The molecule has 2 N–H and O–H groups in total. The number of benzene rings is 1. The second-order valence-corrected chi connectivity index (χ2v) is 8.95. The summed E-state index contributed by atoms with van der Waals surface area (Å²) in [6.45, 7) is 5.36. The number of aromatic nitrogens is 3. The molecule has 0 spiro atoms. The Morgan fingerprint density at radius 3 is 2.32 bits per heavy atom. The first-order chi connectivity index (χ1) is 16.1. The lowest BCUT2D eigenvalue weighted by atomic mass is 10.1. The average molecular weight is 462 g/mol. The van der Waals surface area contributed by atoms with Gasteiger partial charge in [-0.2, -0.15) is 0 Å². The van der Waals surface area contributed by atoms with E-state index < -0.39 is 11.7 Å². The van der Waals surface area contributed by atoms with Crippen molar-refractivity contribution in [3.63, 3.8) is 0 Å². The minimum absolute atomic E-state index is 0.293. The second kappa shape index (κ2) is 8.93. The number of ether oxygens (including phenoxy) is 1. The number of rotatable bonds is 5. The molecule has 3 heterocycles. The number of hydrogen-bond donors (Lipinski definition) is 2. The molecule has 0 aliphatic rings. The first-order valence-corrected chi connectivity index (χ1v) is 10.7. The molecule has 2 amide bonds. The maximum atomic E-state index is 12.8. The molecule has 0 saturated heterocycles. The third-order valence-corrected chi connectivity index (χ3v) is 5.02. The summed E-state index contributed by atoms with van der Waals surface area (Å²) in [5.41, 5.74) is 3.79. The summed E-state index contributed by atoms with van der Waals surface area (Å²) >= 11 is 0. The van der Waals surface area contributed by atoms with Gasteiger partial charge in [-0.05, 0) is 50.6 Å². The van der Waals surface area contributed by atoms with Crippen molar-refractivity contribution < 1.29 is 18.7 Å². The van der Waals surface area contributed by atoms with E-state index in [-0.39, 0.29) is 5.91 Å². The van der Waals surface area contributed by atoms with Crippen LogP contribution in [0.5, 0.6) is 0 Å². The van der Waals surface area contributed by atoms with Gasteiger partial charge in [0.2, 0.25) is 5.89 Å². The van der Waals surface area contributed by atoms with Crippen LogP contribution in [-0.4, -0.2) is 31.7 Å². The van der Waals surface area contributed by atoms with Crippen molar-refractivity contribution in [3.05, 3.63) is 66.9 Å². The van der Waals surface area contributed by atoms with Crippen LogP contribution in [0.4, 0.5) is 16.2 Å². The highest BCUT2D eigenvalue weighted by Crippen LogP contribution is 2.28. The summed E-state index contributed by atoms with van der Waals surface area (Å²) in [4.78, 5) is 29.0. The first kappa shape index (κ1) is 22.9. The molecular weight excluding hydrogens is 434 g/mol. The van der Waals surface area contributed by atoms with E-state index in [0.29, 0.717) is 23.0 Å². The molecule has 0 aliphatic carbocycles. The molecule has 34 heavy (non-hydrogen) atoms. The molecule has 3 aromatic heterocycles. The molecule has 0 fully saturated rings. The summed E-state index contributed by atoms with van der Waals surface area (Å²) in [6, 6.07) is 11.2. The van der Waals surface area contributed by atoms with Gasteiger partial charge in [-0.1, -0.05) is 12.1 Å².